The molecular weight excluding hydrogens is 452 g/mol. The van der Waals surface area contributed by atoms with Crippen LogP contribution in [-0.2, 0) is 16.5 Å². The van der Waals surface area contributed by atoms with Gasteiger partial charge < -0.3 is 11.5 Å². The molecule has 0 bridgehead atoms. The molecule has 168 valence electrons. The van der Waals surface area contributed by atoms with Gasteiger partial charge in [-0.2, -0.15) is 18.6 Å². The van der Waals surface area contributed by atoms with Crippen LogP contribution in [0.3, 0.4) is 0 Å². The van der Waals surface area contributed by atoms with E-state index < -0.39 is 10.1 Å². The molecule has 9 nitrogen and oxygen atoms in total. The normalized spacial score (nSPS) is 16.6. The SMILES string of the molecule is Cc1[nH]nc2c1/C(=N\N=C(N)N)CC(c1ccccc1Cl)C2.O=S(=O)(O)c1ccccc1. The molecule has 1 aliphatic rings. The van der Waals surface area contributed by atoms with Crippen LogP contribution in [0.15, 0.2) is 69.7 Å². The Morgan fingerprint density at radius 1 is 1.12 bits per heavy atom. The summed E-state index contributed by atoms with van der Waals surface area (Å²) in [6.45, 7) is 1.96. The number of H-pyrrole nitrogens is 1. The number of nitrogens with one attached hydrogen (secondary N) is 1. The van der Waals surface area contributed by atoms with Gasteiger partial charge in [-0.05, 0) is 49.4 Å². The summed E-state index contributed by atoms with van der Waals surface area (Å²) in [7, 11) is -4.00. The number of rotatable bonds is 3. The number of nitrogens with two attached hydrogens (primary N) is 2. The first-order valence-corrected chi connectivity index (χ1v) is 11.4. The summed E-state index contributed by atoms with van der Waals surface area (Å²) in [5.74, 6) is 0.145. The van der Waals surface area contributed by atoms with Crippen molar-refractivity contribution in [3.05, 3.63) is 82.1 Å². The van der Waals surface area contributed by atoms with Crippen molar-refractivity contribution in [3.8, 4) is 0 Å². The van der Waals surface area contributed by atoms with Gasteiger partial charge in [-0.15, -0.1) is 5.10 Å². The standard InChI is InChI=1S/C15H17ClN6.C6H6O3S/c1-8-14-12(20-19-8)6-9(7-13(14)21-22-15(17)18)10-4-2-3-5-11(10)16;7-10(8,9)6-4-2-1-3-5-6/h2-5,9H,6-7H2,1H3,(H,19,20)(H4,17,18,22);1-5H,(H,7,8,9)/b21-13-;. The molecule has 0 saturated heterocycles. The maximum Gasteiger partial charge on any atom is 0.294 e. The van der Waals surface area contributed by atoms with Crippen LogP contribution in [0, 0.1) is 6.92 Å². The number of benzene rings is 2. The third-order valence-electron chi connectivity index (χ3n) is 4.86. The second kappa shape index (κ2) is 9.94. The second-order valence-electron chi connectivity index (χ2n) is 7.16. The van der Waals surface area contributed by atoms with Crippen molar-refractivity contribution in [1.82, 2.24) is 10.2 Å². The number of aromatic nitrogens is 2. The van der Waals surface area contributed by atoms with Crippen LogP contribution >= 0.6 is 11.6 Å². The van der Waals surface area contributed by atoms with Gasteiger partial charge in [-0.3, -0.25) is 9.65 Å². The van der Waals surface area contributed by atoms with E-state index in [1.54, 1.807) is 18.2 Å². The molecule has 6 N–H and O–H groups in total. The van der Waals surface area contributed by atoms with Crippen LogP contribution in [0.1, 0.15) is 34.9 Å². The molecule has 0 fully saturated rings. The van der Waals surface area contributed by atoms with Crippen molar-refractivity contribution >= 4 is 33.4 Å². The molecule has 2 aromatic carbocycles. The Hall–Kier alpha value is -3.21. The number of aryl methyl sites for hydroxylation is 1. The predicted octanol–water partition coefficient (Wildman–Crippen LogP) is 3.01. The maximum absolute atomic E-state index is 10.4. The lowest BCUT2D eigenvalue weighted by molar-refractivity contribution is 0.483. The summed E-state index contributed by atoms with van der Waals surface area (Å²) in [5, 5.41) is 16.2. The number of guanidine groups is 1. The molecule has 0 aliphatic heterocycles. The molecule has 4 rings (SSSR count). The van der Waals surface area contributed by atoms with Gasteiger partial charge in [0.15, 0.2) is 0 Å². The number of hydrogen-bond acceptors (Lipinski definition) is 5. The number of halogens is 1. The van der Waals surface area contributed by atoms with E-state index in [4.69, 9.17) is 27.6 Å². The second-order valence-corrected chi connectivity index (χ2v) is 8.99. The van der Waals surface area contributed by atoms with Gasteiger partial charge in [0.2, 0.25) is 5.96 Å². The van der Waals surface area contributed by atoms with E-state index in [0.29, 0.717) is 6.42 Å². The average molecular weight is 475 g/mol. The topological polar surface area (TPSA) is 160 Å². The van der Waals surface area contributed by atoms with Crippen LogP contribution in [-0.4, -0.2) is 34.8 Å². The Kier molecular flexibility index (Phi) is 7.29. The maximum atomic E-state index is 10.4. The molecule has 3 aromatic rings. The van der Waals surface area contributed by atoms with E-state index in [0.717, 1.165) is 39.7 Å². The number of hydrogen-bond donors (Lipinski definition) is 4. The molecular formula is C21H23ClN6O3S. The Labute approximate surface area is 191 Å². The molecule has 1 heterocycles. The third kappa shape index (κ3) is 5.72. The lowest BCUT2D eigenvalue weighted by Crippen LogP contribution is -2.23. The van der Waals surface area contributed by atoms with Gasteiger partial charge >= 0.3 is 0 Å². The van der Waals surface area contributed by atoms with Gasteiger partial charge in [-0.1, -0.05) is 48.0 Å². The van der Waals surface area contributed by atoms with Crippen molar-refractivity contribution in [2.24, 2.45) is 21.7 Å². The van der Waals surface area contributed by atoms with Crippen molar-refractivity contribution < 1.29 is 13.0 Å². The molecule has 32 heavy (non-hydrogen) atoms. The van der Waals surface area contributed by atoms with Crippen molar-refractivity contribution in [1.29, 1.82) is 0 Å². The van der Waals surface area contributed by atoms with E-state index in [1.165, 1.54) is 12.1 Å². The molecule has 1 aromatic heterocycles. The Bertz CT molecular complexity index is 1250. The minimum Gasteiger partial charge on any atom is -0.369 e. The highest BCUT2D eigenvalue weighted by Gasteiger charge is 2.29. The van der Waals surface area contributed by atoms with E-state index in [-0.39, 0.29) is 16.8 Å². The van der Waals surface area contributed by atoms with Crippen LogP contribution in [0.25, 0.3) is 0 Å². The first-order valence-electron chi connectivity index (χ1n) is 9.63. The lowest BCUT2D eigenvalue weighted by Gasteiger charge is -2.23. The van der Waals surface area contributed by atoms with E-state index in [9.17, 15) is 8.42 Å². The predicted molar refractivity (Wildman–Crippen MR) is 124 cm³/mol. The van der Waals surface area contributed by atoms with Crippen molar-refractivity contribution in [2.45, 2.75) is 30.6 Å². The molecule has 0 saturated carbocycles. The number of fused-ring (bicyclic) bond motifs is 1. The molecule has 11 heteroatoms. The van der Waals surface area contributed by atoms with Crippen LogP contribution in [0.5, 0.6) is 0 Å². The smallest absolute Gasteiger partial charge is 0.294 e. The fourth-order valence-corrected chi connectivity index (χ4v) is 4.27. The highest BCUT2D eigenvalue weighted by molar-refractivity contribution is 7.85. The molecule has 1 unspecified atom stereocenters. The van der Waals surface area contributed by atoms with Gasteiger partial charge in [0.1, 0.15) is 0 Å². The first-order chi connectivity index (χ1) is 15.2. The monoisotopic (exact) mass is 474 g/mol. The minimum absolute atomic E-state index is 0.0601. The highest BCUT2D eigenvalue weighted by Crippen LogP contribution is 2.36. The van der Waals surface area contributed by atoms with Gasteiger partial charge in [-0.25, -0.2) is 0 Å². The van der Waals surface area contributed by atoms with E-state index in [1.807, 2.05) is 31.2 Å². The zero-order valence-electron chi connectivity index (χ0n) is 17.2. The van der Waals surface area contributed by atoms with Crippen LogP contribution in [0.2, 0.25) is 5.02 Å². The molecule has 0 amide bonds. The van der Waals surface area contributed by atoms with Crippen molar-refractivity contribution in [3.63, 3.8) is 0 Å². The van der Waals surface area contributed by atoms with Crippen LogP contribution in [0.4, 0.5) is 0 Å². The third-order valence-corrected chi connectivity index (χ3v) is 6.07. The zero-order chi connectivity index (χ0) is 23.3. The van der Waals surface area contributed by atoms with Gasteiger partial charge in [0.25, 0.3) is 10.1 Å². The summed E-state index contributed by atoms with van der Waals surface area (Å²) in [6.07, 6.45) is 1.53. The Morgan fingerprint density at radius 2 is 1.78 bits per heavy atom. The molecule has 1 atom stereocenters. The quantitative estimate of drug-likeness (QED) is 0.197. The number of aromatic amines is 1. The molecule has 1 aliphatic carbocycles. The average Bonchev–Trinajstić information content (AvgIpc) is 3.14. The molecule has 0 radical (unpaired) electrons. The first kappa shape index (κ1) is 23.5. The summed E-state index contributed by atoms with van der Waals surface area (Å²) in [4.78, 5) is -0.0741. The Balaban J connectivity index is 0.000000243. The summed E-state index contributed by atoms with van der Waals surface area (Å²) < 4.78 is 29.2. The summed E-state index contributed by atoms with van der Waals surface area (Å²) in [5.41, 5.74) is 15.6. The summed E-state index contributed by atoms with van der Waals surface area (Å²) >= 11 is 6.33. The Morgan fingerprint density at radius 3 is 2.38 bits per heavy atom. The van der Waals surface area contributed by atoms with E-state index >= 15 is 0 Å². The largest absolute Gasteiger partial charge is 0.369 e. The zero-order valence-corrected chi connectivity index (χ0v) is 18.8. The van der Waals surface area contributed by atoms with Crippen molar-refractivity contribution in [2.75, 3.05) is 0 Å². The summed E-state index contributed by atoms with van der Waals surface area (Å²) in [6, 6.07) is 15.3. The van der Waals surface area contributed by atoms with Crippen LogP contribution < -0.4 is 11.5 Å². The van der Waals surface area contributed by atoms with E-state index in [2.05, 4.69) is 20.4 Å². The van der Waals surface area contributed by atoms with Gasteiger partial charge in [0.05, 0.1) is 16.3 Å². The highest BCUT2D eigenvalue weighted by atomic mass is 35.5. The fourth-order valence-electron chi connectivity index (χ4n) is 3.48. The lowest BCUT2D eigenvalue weighted by atomic mass is 9.81. The minimum atomic E-state index is -4.00. The number of nitrogens with zero attached hydrogens (tertiary/aromatic N) is 3. The fraction of sp³-hybridized carbons (Fsp3) is 0.190. The molecule has 0 spiro atoms. The van der Waals surface area contributed by atoms with Gasteiger partial charge in [0, 0.05) is 16.3 Å².